The van der Waals surface area contributed by atoms with E-state index < -0.39 is 5.91 Å². The number of ether oxygens (including phenoxy) is 2. The number of nitrogens with zero attached hydrogens (tertiary/aromatic N) is 1. The van der Waals surface area contributed by atoms with Gasteiger partial charge in [0.25, 0.3) is 5.91 Å². The van der Waals surface area contributed by atoms with Crippen LogP contribution in [0.2, 0.25) is 5.02 Å². The summed E-state index contributed by atoms with van der Waals surface area (Å²) in [6.07, 6.45) is 1.37. The van der Waals surface area contributed by atoms with Crippen molar-refractivity contribution in [3.63, 3.8) is 0 Å². The van der Waals surface area contributed by atoms with Crippen LogP contribution in [0.4, 0.5) is 5.69 Å². The van der Waals surface area contributed by atoms with Gasteiger partial charge in [-0.15, -0.1) is 0 Å². The van der Waals surface area contributed by atoms with Gasteiger partial charge in [0.05, 0.1) is 12.1 Å². The van der Waals surface area contributed by atoms with Gasteiger partial charge < -0.3 is 19.9 Å². The molecule has 0 unspecified atom stereocenters. The first-order valence-electron chi connectivity index (χ1n) is 7.64. The zero-order valence-electron chi connectivity index (χ0n) is 13.8. The zero-order valence-corrected chi connectivity index (χ0v) is 14.5. The predicted molar refractivity (Wildman–Crippen MR) is 98.4 cm³/mol. The Bertz CT molecular complexity index is 932. The van der Waals surface area contributed by atoms with E-state index in [0.717, 1.165) is 0 Å². The van der Waals surface area contributed by atoms with Crippen molar-refractivity contribution in [2.45, 2.75) is 0 Å². The molecule has 7 heteroatoms. The summed E-state index contributed by atoms with van der Waals surface area (Å²) in [7, 11) is 1.39. The van der Waals surface area contributed by atoms with Gasteiger partial charge in [-0.05, 0) is 30.3 Å². The summed E-state index contributed by atoms with van der Waals surface area (Å²) in [6.45, 7) is 0. The van der Waals surface area contributed by atoms with Gasteiger partial charge in [-0.2, -0.15) is 0 Å². The van der Waals surface area contributed by atoms with Crippen molar-refractivity contribution >= 4 is 23.2 Å². The number of carbonyl (C=O) groups excluding carboxylic acids is 1. The second kappa shape index (κ2) is 7.76. The number of pyridine rings is 1. The molecule has 0 bridgehead atoms. The van der Waals surface area contributed by atoms with Gasteiger partial charge in [0, 0.05) is 18.0 Å². The highest BCUT2D eigenvalue weighted by atomic mass is 35.5. The van der Waals surface area contributed by atoms with Gasteiger partial charge in [0.15, 0.2) is 17.2 Å². The number of para-hydroxylation sites is 1. The second-order valence-electron chi connectivity index (χ2n) is 5.22. The van der Waals surface area contributed by atoms with E-state index in [9.17, 15) is 9.90 Å². The second-order valence-corrected chi connectivity index (χ2v) is 5.63. The molecule has 0 aliphatic heterocycles. The van der Waals surface area contributed by atoms with Crippen molar-refractivity contribution in [1.82, 2.24) is 4.98 Å². The lowest BCUT2D eigenvalue weighted by atomic mass is 10.2. The minimum atomic E-state index is -0.589. The van der Waals surface area contributed by atoms with Gasteiger partial charge >= 0.3 is 0 Å². The van der Waals surface area contributed by atoms with Crippen LogP contribution in [0.1, 0.15) is 10.5 Å². The molecular formula is C19H15ClN2O4. The summed E-state index contributed by atoms with van der Waals surface area (Å²) in [6, 6.07) is 15.5. The third-order valence-corrected chi connectivity index (χ3v) is 3.78. The predicted octanol–water partition coefficient (Wildman–Crippen LogP) is 4.49. The normalized spacial score (nSPS) is 10.2. The monoisotopic (exact) mass is 370 g/mol. The number of aromatic hydroxyl groups is 1. The number of halogens is 1. The van der Waals surface area contributed by atoms with E-state index in [1.807, 2.05) is 30.3 Å². The molecule has 0 atom stereocenters. The van der Waals surface area contributed by atoms with E-state index in [2.05, 4.69) is 10.3 Å². The first kappa shape index (κ1) is 17.6. The minimum absolute atomic E-state index is 0.148. The van der Waals surface area contributed by atoms with E-state index in [1.165, 1.54) is 19.4 Å². The van der Waals surface area contributed by atoms with Gasteiger partial charge in [-0.3, -0.25) is 4.79 Å². The first-order valence-corrected chi connectivity index (χ1v) is 8.02. The highest BCUT2D eigenvalue weighted by Gasteiger charge is 2.17. The summed E-state index contributed by atoms with van der Waals surface area (Å²) in [5, 5.41) is 13.0. The fourth-order valence-corrected chi connectivity index (χ4v) is 2.45. The van der Waals surface area contributed by atoms with Gasteiger partial charge in [-0.25, -0.2) is 4.98 Å². The van der Waals surface area contributed by atoms with E-state index in [4.69, 9.17) is 21.1 Å². The number of aromatic nitrogens is 1. The SMILES string of the molecule is COc1ccnc(C(=O)Nc2ccc(Oc3ccccc3)c(Cl)c2)c1O. The Labute approximate surface area is 155 Å². The average molecular weight is 371 g/mol. The summed E-state index contributed by atoms with van der Waals surface area (Å²) < 4.78 is 10.7. The van der Waals surface area contributed by atoms with Crippen LogP contribution in [0.25, 0.3) is 0 Å². The number of hydrogen-bond acceptors (Lipinski definition) is 5. The average Bonchev–Trinajstić information content (AvgIpc) is 2.65. The lowest BCUT2D eigenvalue weighted by Gasteiger charge is -2.11. The van der Waals surface area contributed by atoms with Crippen molar-refractivity contribution in [3.05, 3.63) is 71.5 Å². The third kappa shape index (κ3) is 3.87. The molecule has 1 amide bonds. The highest BCUT2D eigenvalue weighted by molar-refractivity contribution is 6.32. The molecule has 0 aliphatic carbocycles. The Balaban J connectivity index is 1.76. The number of benzene rings is 2. The lowest BCUT2D eigenvalue weighted by molar-refractivity contribution is 0.101. The number of hydrogen-bond donors (Lipinski definition) is 2. The van der Waals surface area contributed by atoms with Crippen molar-refractivity contribution in [1.29, 1.82) is 0 Å². The number of carbonyl (C=O) groups is 1. The number of nitrogens with one attached hydrogen (secondary N) is 1. The zero-order chi connectivity index (χ0) is 18.5. The van der Waals surface area contributed by atoms with E-state index in [-0.39, 0.29) is 17.2 Å². The van der Waals surface area contributed by atoms with Crippen LogP contribution >= 0.6 is 11.6 Å². The van der Waals surface area contributed by atoms with Crippen molar-refractivity contribution in [2.75, 3.05) is 12.4 Å². The maximum atomic E-state index is 12.3. The molecule has 132 valence electrons. The number of amides is 1. The summed E-state index contributed by atoms with van der Waals surface area (Å²) in [4.78, 5) is 16.2. The van der Waals surface area contributed by atoms with Crippen LogP contribution in [0.5, 0.6) is 23.0 Å². The van der Waals surface area contributed by atoms with Crippen LogP contribution in [-0.2, 0) is 0 Å². The molecule has 1 heterocycles. The fraction of sp³-hybridized carbons (Fsp3) is 0.0526. The number of methoxy groups -OCH3 is 1. The largest absolute Gasteiger partial charge is 0.503 e. The fourth-order valence-electron chi connectivity index (χ4n) is 2.23. The van der Waals surface area contributed by atoms with Crippen LogP contribution in [0.15, 0.2) is 60.8 Å². The molecule has 1 aromatic heterocycles. The van der Waals surface area contributed by atoms with Gasteiger partial charge in [0.1, 0.15) is 11.5 Å². The first-order chi connectivity index (χ1) is 12.6. The summed E-state index contributed by atoms with van der Waals surface area (Å²) in [5.74, 6) is 0.349. The molecule has 0 saturated heterocycles. The number of rotatable bonds is 5. The summed E-state index contributed by atoms with van der Waals surface area (Å²) >= 11 is 6.23. The molecule has 2 aromatic carbocycles. The summed E-state index contributed by atoms with van der Waals surface area (Å²) in [5.41, 5.74) is 0.287. The molecule has 3 aromatic rings. The van der Waals surface area contributed by atoms with Crippen molar-refractivity contribution in [3.8, 4) is 23.0 Å². The lowest BCUT2D eigenvalue weighted by Crippen LogP contribution is -2.14. The Hall–Kier alpha value is -3.25. The Kier molecular flexibility index (Phi) is 5.24. The van der Waals surface area contributed by atoms with Crippen LogP contribution in [-0.4, -0.2) is 23.1 Å². The highest BCUT2D eigenvalue weighted by Crippen LogP contribution is 2.32. The molecule has 0 radical (unpaired) electrons. The topological polar surface area (TPSA) is 80.7 Å². The van der Waals surface area contributed by atoms with Crippen LogP contribution < -0.4 is 14.8 Å². The molecule has 0 saturated carbocycles. The van der Waals surface area contributed by atoms with Gasteiger partial charge in [-0.1, -0.05) is 29.8 Å². The molecule has 6 nitrogen and oxygen atoms in total. The van der Waals surface area contributed by atoms with E-state index >= 15 is 0 Å². The quantitative estimate of drug-likeness (QED) is 0.691. The molecule has 0 fully saturated rings. The smallest absolute Gasteiger partial charge is 0.278 e. The van der Waals surface area contributed by atoms with E-state index in [0.29, 0.717) is 22.2 Å². The molecule has 0 spiro atoms. The van der Waals surface area contributed by atoms with Crippen LogP contribution in [0, 0.1) is 0 Å². The minimum Gasteiger partial charge on any atom is -0.503 e. The maximum absolute atomic E-state index is 12.3. The third-order valence-electron chi connectivity index (χ3n) is 3.48. The van der Waals surface area contributed by atoms with E-state index in [1.54, 1.807) is 18.2 Å². The molecular weight excluding hydrogens is 356 g/mol. The van der Waals surface area contributed by atoms with Crippen LogP contribution in [0.3, 0.4) is 0 Å². The van der Waals surface area contributed by atoms with Crippen molar-refractivity contribution in [2.24, 2.45) is 0 Å². The Morgan fingerprint density at radius 2 is 1.88 bits per heavy atom. The standard InChI is InChI=1S/C19H15ClN2O4/c1-25-16-9-10-21-17(18(16)23)19(24)22-12-7-8-15(14(20)11-12)26-13-5-3-2-4-6-13/h2-11,23H,1H3,(H,22,24). The molecule has 2 N–H and O–H groups in total. The maximum Gasteiger partial charge on any atom is 0.278 e. The Morgan fingerprint density at radius 1 is 1.12 bits per heavy atom. The molecule has 0 aliphatic rings. The number of anilines is 1. The van der Waals surface area contributed by atoms with Crippen molar-refractivity contribution < 1.29 is 19.4 Å². The van der Waals surface area contributed by atoms with Gasteiger partial charge in [0.2, 0.25) is 0 Å². The Morgan fingerprint density at radius 3 is 2.58 bits per heavy atom. The molecule has 26 heavy (non-hydrogen) atoms. The molecule has 3 rings (SSSR count).